The second kappa shape index (κ2) is 4.56. The number of nitrogens with one attached hydrogen (secondary N) is 2. The number of ether oxygens (including phenoxy) is 1. The average molecular weight is 248 g/mol. The molecule has 0 bridgehead atoms. The molecule has 2 aliphatic heterocycles. The SMILES string of the molecule is O=C1CCC(CNCC2CC(F)(F)C(=O)O2)N1. The number of esters is 1. The van der Waals surface area contributed by atoms with Crippen molar-refractivity contribution in [3.63, 3.8) is 0 Å². The number of carbonyl (C=O) groups excluding carboxylic acids is 2. The molecule has 2 fully saturated rings. The van der Waals surface area contributed by atoms with Crippen LogP contribution in [0, 0.1) is 0 Å². The second-order valence-electron chi connectivity index (χ2n) is 4.40. The summed E-state index contributed by atoms with van der Waals surface area (Å²) in [6.45, 7) is 0.694. The summed E-state index contributed by atoms with van der Waals surface area (Å²) in [6.07, 6.45) is -0.111. The van der Waals surface area contributed by atoms with Crippen molar-refractivity contribution in [2.24, 2.45) is 0 Å². The van der Waals surface area contributed by atoms with Gasteiger partial charge >= 0.3 is 11.9 Å². The Morgan fingerprint density at radius 3 is 2.71 bits per heavy atom. The van der Waals surface area contributed by atoms with Crippen molar-refractivity contribution >= 4 is 11.9 Å². The fourth-order valence-electron chi connectivity index (χ4n) is 2.01. The average Bonchev–Trinajstić information content (AvgIpc) is 2.73. The molecule has 5 nitrogen and oxygen atoms in total. The number of alkyl halides is 2. The van der Waals surface area contributed by atoms with Crippen LogP contribution >= 0.6 is 0 Å². The van der Waals surface area contributed by atoms with Crippen molar-refractivity contribution in [2.75, 3.05) is 13.1 Å². The molecule has 0 aromatic rings. The molecule has 96 valence electrons. The highest BCUT2D eigenvalue weighted by Gasteiger charge is 2.50. The Hall–Kier alpha value is -1.24. The topological polar surface area (TPSA) is 67.4 Å². The first-order chi connectivity index (χ1) is 7.97. The monoisotopic (exact) mass is 248 g/mol. The van der Waals surface area contributed by atoms with E-state index in [0.717, 1.165) is 6.42 Å². The van der Waals surface area contributed by atoms with E-state index < -0.39 is 24.4 Å². The maximum absolute atomic E-state index is 12.8. The minimum absolute atomic E-state index is 0.00984. The first-order valence-electron chi connectivity index (χ1n) is 5.56. The molecule has 2 saturated heterocycles. The van der Waals surface area contributed by atoms with E-state index in [1.54, 1.807) is 0 Å². The predicted octanol–water partition coefficient (Wildman–Crippen LogP) is -0.195. The summed E-state index contributed by atoms with van der Waals surface area (Å²) in [7, 11) is 0. The van der Waals surface area contributed by atoms with E-state index in [1.807, 2.05) is 0 Å². The smallest absolute Gasteiger partial charge is 0.377 e. The summed E-state index contributed by atoms with van der Waals surface area (Å²) in [4.78, 5) is 21.6. The highest BCUT2D eigenvalue weighted by Crippen LogP contribution is 2.30. The second-order valence-corrected chi connectivity index (χ2v) is 4.40. The summed E-state index contributed by atoms with van der Waals surface area (Å²) in [5, 5.41) is 5.67. The van der Waals surface area contributed by atoms with Crippen LogP contribution in [-0.2, 0) is 14.3 Å². The Bertz CT molecular complexity index is 336. The van der Waals surface area contributed by atoms with Gasteiger partial charge in [0.05, 0.1) is 6.42 Å². The van der Waals surface area contributed by atoms with Gasteiger partial charge in [0.25, 0.3) is 0 Å². The lowest BCUT2D eigenvalue weighted by atomic mass is 10.2. The molecule has 0 aromatic carbocycles. The van der Waals surface area contributed by atoms with E-state index in [-0.39, 0.29) is 18.5 Å². The zero-order chi connectivity index (χ0) is 12.5. The number of amides is 1. The fraction of sp³-hybridized carbons (Fsp3) is 0.800. The van der Waals surface area contributed by atoms with E-state index in [2.05, 4.69) is 15.4 Å². The van der Waals surface area contributed by atoms with Crippen LogP contribution in [0.2, 0.25) is 0 Å². The number of hydrogen-bond acceptors (Lipinski definition) is 4. The molecule has 17 heavy (non-hydrogen) atoms. The molecule has 2 atom stereocenters. The van der Waals surface area contributed by atoms with Gasteiger partial charge in [-0.05, 0) is 6.42 Å². The number of halogens is 2. The van der Waals surface area contributed by atoms with Gasteiger partial charge in [0.2, 0.25) is 5.91 Å². The maximum Gasteiger partial charge on any atom is 0.377 e. The van der Waals surface area contributed by atoms with Gasteiger partial charge in [-0.15, -0.1) is 0 Å². The van der Waals surface area contributed by atoms with Crippen LogP contribution in [0.15, 0.2) is 0 Å². The lowest BCUT2D eigenvalue weighted by Crippen LogP contribution is -2.38. The van der Waals surface area contributed by atoms with Crippen molar-refractivity contribution in [1.29, 1.82) is 0 Å². The van der Waals surface area contributed by atoms with Gasteiger partial charge < -0.3 is 15.4 Å². The summed E-state index contributed by atoms with van der Waals surface area (Å²) in [5.74, 6) is -4.79. The van der Waals surface area contributed by atoms with E-state index >= 15 is 0 Å². The Labute approximate surface area is 96.9 Å². The molecule has 2 heterocycles. The molecule has 0 aliphatic carbocycles. The summed E-state index contributed by atoms with van der Waals surface area (Å²) in [6, 6.07) is 0.0418. The van der Waals surface area contributed by atoms with Crippen LogP contribution in [-0.4, -0.2) is 43.0 Å². The molecular formula is C10H14F2N2O3. The predicted molar refractivity (Wildman–Crippen MR) is 53.5 cm³/mol. The lowest BCUT2D eigenvalue weighted by molar-refractivity contribution is -0.159. The van der Waals surface area contributed by atoms with E-state index in [9.17, 15) is 18.4 Å². The van der Waals surface area contributed by atoms with Gasteiger partial charge in [-0.3, -0.25) is 4.79 Å². The van der Waals surface area contributed by atoms with Crippen LogP contribution < -0.4 is 10.6 Å². The van der Waals surface area contributed by atoms with Crippen molar-refractivity contribution in [1.82, 2.24) is 10.6 Å². The molecule has 7 heteroatoms. The molecule has 2 aliphatic rings. The highest BCUT2D eigenvalue weighted by atomic mass is 19.3. The van der Waals surface area contributed by atoms with Crippen LogP contribution in [0.5, 0.6) is 0 Å². The third kappa shape index (κ3) is 2.91. The highest BCUT2D eigenvalue weighted by molar-refractivity contribution is 5.79. The Morgan fingerprint density at radius 2 is 2.18 bits per heavy atom. The molecule has 2 rings (SSSR count). The van der Waals surface area contributed by atoms with Crippen LogP contribution in [0.25, 0.3) is 0 Å². The zero-order valence-electron chi connectivity index (χ0n) is 9.17. The van der Waals surface area contributed by atoms with Crippen molar-refractivity contribution < 1.29 is 23.1 Å². The van der Waals surface area contributed by atoms with Gasteiger partial charge in [-0.25, -0.2) is 4.79 Å². The molecule has 0 spiro atoms. The molecule has 0 saturated carbocycles. The third-order valence-corrected chi connectivity index (χ3v) is 2.90. The van der Waals surface area contributed by atoms with E-state index in [4.69, 9.17) is 0 Å². The molecule has 1 amide bonds. The van der Waals surface area contributed by atoms with Crippen molar-refractivity contribution in [2.45, 2.75) is 37.3 Å². The zero-order valence-corrected chi connectivity index (χ0v) is 9.17. The Morgan fingerprint density at radius 1 is 1.41 bits per heavy atom. The summed E-state index contributed by atoms with van der Waals surface area (Å²) >= 11 is 0. The third-order valence-electron chi connectivity index (χ3n) is 2.90. The lowest BCUT2D eigenvalue weighted by Gasteiger charge is -2.13. The molecule has 2 N–H and O–H groups in total. The molecular weight excluding hydrogens is 234 g/mol. The van der Waals surface area contributed by atoms with Gasteiger partial charge in [0, 0.05) is 25.6 Å². The van der Waals surface area contributed by atoms with Crippen LogP contribution in [0.3, 0.4) is 0 Å². The molecule has 0 radical (unpaired) electrons. The minimum Gasteiger partial charge on any atom is -0.456 e. The van der Waals surface area contributed by atoms with Gasteiger partial charge in [-0.2, -0.15) is 8.78 Å². The van der Waals surface area contributed by atoms with Crippen molar-refractivity contribution in [3.8, 4) is 0 Å². The van der Waals surface area contributed by atoms with E-state index in [0.29, 0.717) is 13.0 Å². The number of hydrogen-bond donors (Lipinski definition) is 2. The van der Waals surface area contributed by atoms with Crippen LogP contribution in [0.4, 0.5) is 8.78 Å². The standard InChI is InChI=1S/C10H14F2N2O3/c11-10(12)3-7(17-9(10)16)5-13-4-6-1-2-8(15)14-6/h6-7,13H,1-5H2,(H,14,15). The quantitative estimate of drug-likeness (QED) is 0.676. The Kier molecular flexibility index (Phi) is 3.28. The number of cyclic esters (lactones) is 1. The number of carbonyl (C=O) groups is 2. The normalized spacial score (nSPS) is 31.4. The first-order valence-corrected chi connectivity index (χ1v) is 5.56. The maximum atomic E-state index is 12.8. The van der Waals surface area contributed by atoms with Gasteiger partial charge in [-0.1, -0.05) is 0 Å². The molecule has 0 aromatic heterocycles. The van der Waals surface area contributed by atoms with Gasteiger partial charge in [0.15, 0.2) is 0 Å². The molecule has 2 unspecified atom stereocenters. The fourth-order valence-corrected chi connectivity index (χ4v) is 2.01. The largest absolute Gasteiger partial charge is 0.456 e. The Balaban J connectivity index is 1.67. The minimum atomic E-state index is -3.35. The van der Waals surface area contributed by atoms with Gasteiger partial charge in [0.1, 0.15) is 6.10 Å². The summed E-state index contributed by atoms with van der Waals surface area (Å²) < 4.78 is 30.1. The van der Waals surface area contributed by atoms with E-state index in [1.165, 1.54) is 0 Å². The van der Waals surface area contributed by atoms with Crippen molar-refractivity contribution in [3.05, 3.63) is 0 Å². The first kappa shape index (κ1) is 12.2. The number of rotatable bonds is 4. The summed E-state index contributed by atoms with van der Waals surface area (Å²) in [5.41, 5.74) is 0. The van der Waals surface area contributed by atoms with Crippen LogP contribution in [0.1, 0.15) is 19.3 Å².